The van der Waals surface area contributed by atoms with Gasteiger partial charge in [-0.05, 0) is 37.6 Å². The van der Waals surface area contributed by atoms with Gasteiger partial charge >= 0.3 is 0 Å². The Morgan fingerprint density at radius 2 is 1.76 bits per heavy atom. The fraction of sp³-hybridized carbons (Fsp3) is 0.158. The molecule has 0 radical (unpaired) electrons. The molecule has 0 unspecified atom stereocenters. The number of carbonyl (C=O) groups excluding carboxylic acids is 1. The summed E-state index contributed by atoms with van der Waals surface area (Å²) in [5.74, 6) is -1.02. The lowest BCUT2D eigenvalue weighted by atomic mass is 10.1. The number of nitrogens with one attached hydrogen (secondary N) is 1. The van der Waals surface area contributed by atoms with Gasteiger partial charge in [-0.2, -0.15) is 0 Å². The number of fused-ring (bicyclic) bond motifs is 1. The van der Waals surface area contributed by atoms with Gasteiger partial charge in [0.2, 0.25) is 0 Å². The minimum Gasteiger partial charge on any atom is -0.506 e. The quantitative estimate of drug-likeness (QED) is 0.733. The van der Waals surface area contributed by atoms with Gasteiger partial charge in [-0.3, -0.25) is 9.59 Å². The molecule has 2 aromatic carbocycles. The number of aryl methyl sites for hydroxylation is 2. The number of benzene rings is 2. The largest absolute Gasteiger partial charge is 0.506 e. The molecule has 1 amide bonds. The number of hydrogen-bond acceptors (Lipinski definition) is 3. The molecule has 0 fully saturated rings. The third-order valence-corrected chi connectivity index (χ3v) is 4.71. The molecule has 0 aliphatic heterocycles. The molecule has 0 bridgehead atoms. The summed E-state index contributed by atoms with van der Waals surface area (Å²) in [6.45, 7) is 3.72. The Labute approximate surface area is 149 Å². The smallest absolute Gasteiger partial charge is 0.267 e. The van der Waals surface area contributed by atoms with Gasteiger partial charge in [0, 0.05) is 12.7 Å². The van der Waals surface area contributed by atoms with Crippen LogP contribution in [0.1, 0.15) is 21.5 Å². The normalized spacial score (nSPS) is 10.9. The zero-order valence-electron chi connectivity index (χ0n) is 14.1. The van der Waals surface area contributed by atoms with Crippen LogP contribution in [-0.4, -0.2) is 23.0 Å². The van der Waals surface area contributed by atoms with Gasteiger partial charge in [0.05, 0.1) is 15.9 Å². The second-order valence-electron chi connectivity index (χ2n) is 6.00. The van der Waals surface area contributed by atoms with E-state index in [0.717, 1.165) is 11.1 Å². The van der Waals surface area contributed by atoms with Gasteiger partial charge in [-0.25, -0.2) is 0 Å². The molecule has 2 N–H and O–H groups in total. The van der Waals surface area contributed by atoms with Crippen LogP contribution in [0.5, 0.6) is 5.75 Å². The molecule has 0 atom stereocenters. The second kappa shape index (κ2) is 6.26. The highest BCUT2D eigenvalue weighted by atomic mass is 35.5. The van der Waals surface area contributed by atoms with Gasteiger partial charge in [-0.1, -0.05) is 35.4 Å². The van der Waals surface area contributed by atoms with Crippen LogP contribution >= 0.6 is 11.6 Å². The molecule has 0 saturated carbocycles. The van der Waals surface area contributed by atoms with Crippen LogP contribution in [0.3, 0.4) is 0 Å². The summed E-state index contributed by atoms with van der Waals surface area (Å²) in [5, 5.41) is 11.2. The van der Waals surface area contributed by atoms with Gasteiger partial charge in [0.25, 0.3) is 11.5 Å². The predicted octanol–water partition coefficient (Wildman–Crippen LogP) is 3.78. The Bertz CT molecular complexity index is 1040. The standard InChI is InChI=1S/C19H17ClN2O3/c1-10-4-7-12(8-5-10)22(3)19(25)15-17(23)14-13(21-18(15)24)9-6-11(2)16(14)20/h4-9H,1-3H3,(H2,21,23,24). The number of aromatic hydroxyl groups is 1. The Balaban J connectivity index is 2.17. The summed E-state index contributed by atoms with van der Waals surface area (Å²) in [6, 6.07) is 10.7. The fourth-order valence-electron chi connectivity index (χ4n) is 2.69. The first-order valence-electron chi connectivity index (χ1n) is 7.70. The van der Waals surface area contributed by atoms with Crippen molar-refractivity contribution < 1.29 is 9.90 Å². The van der Waals surface area contributed by atoms with Gasteiger partial charge in [0.15, 0.2) is 0 Å². The van der Waals surface area contributed by atoms with Gasteiger partial charge in [-0.15, -0.1) is 0 Å². The number of aromatic amines is 1. The molecule has 6 heteroatoms. The van der Waals surface area contributed by atoms with Crippen LogP contribution in [0.4, 0.5) is 5.69 Å². The van der Waals surface area contributed by atoms with E-state index < -0.39 is 17.2 Å². The number of aromatic nitrogens is 1. The van der Waals surface area contributed by atoms with Gasteiger partial charge in [0.1, 0.15) is 11.3 Å². The molecule has 5 nitrogen and oxygen atoms in total. The highest BCUT2D eigenvalue weighted by Crippen LogP contribution is 2.34. The number of pyridine rings is 1. The zero-order chi connectivity index (χ0) is 18.3. The van der Waals surface area contributed by atoms with Crippen LogP contribution in [-0.2, 0) is 0 Å². The molecule has 0 saturated heterocycles. The minimum absolute atomic E-state index is 0.266. The number of nitrogens with zero attached hydrogens (tertiary/aromatic N) is 1. The van der Waals surface area contributed by atoms with Crippen LogP contribution < -0.4 is 10.5 Å². The number of amides is 1. The Morgan fingerprint density at radius 3 is 2.40 bits per heavy atom. The third-order valence-electron chi connectivity index (χ3n) is 4.22. The summed E-state index contributed by atoms with van der Waals surface area (Å²) in [5.41, 5.74) is 1.80. The van der Waals surface area contributed by atoms with Crippen LogP contribution in [0.25, 0.3) is 10.9 Å². The van der Waals surface area contributed by atoms with E-state index in [1.54, 1.807) is 38.2 Å². The maximum Gasteiger partial charge on any atom is 0.267 e. The highest BCUT2D eigenvalue weighted by molar-refractivity contribution is 6.37. The van der Waals surface area contributed by atoms with E-state index in [4.69, 9.17) is 11.6 Å². The van der Waals surface area contributed by atoms with E-state index in [1.165, 1.54) is 4.90 Å². The van der Waals surface area contributed by atoms with E-state index in [0.29, 0.717) is 16.2 Å². The van der Waals surface area contributed by atoms with E-state index in [2.05, 4.69) is 4.98 Å². The first kappa shape index (κ1) is 17.0. The van der Waals surface area contributed by atoms with E-state index in [9.17, 15) is 14.7 Å². The van der Waals surface area contributed by atoms with E-state index >= 15 is 0 Å². The Morgan fingerprint density at radius 1 is 1.12 bits per heavy atom. The minimum atomic E-state index is -0.658. The van der Waals surface area contributed by atoms with E-state index in [1.807, 2.05) is 19.1 Å². The molecule has 25 heavy (non-hydrogen) atoms. The second-order valence-corrected chi connectivity index (χ2v) is 6.37. The summed E-state index contributed by atoms with van der Waals surface area (Å²) < 4.78 is 0. The molecule has 0 aliphatic carbocycles. The molecule has 3 aromatic rings. The topological polar surface area (TPSA) is 73.4 Å². The van der Waals surface area contributed by atoms with Crippen molar-refractivity contribution in [3.8, 4) is 5.75 Å². The number of hydrogen-bond donors (Lipinski definition) is 2. The number of rotatable bonds is 2. The van der Waals surface area contributed by atoms with Crippen molar-refractivity contribution in [2.75, 3.05) is 11.9 Å². The van der Waals surface area contributed by atoms with Crippen LogP contribution in [0, 0.1) is 13.8 Å². The molecule has 0 aliphatic rings. The zero-order valence-corrected chi connectivity index (χ0v) is 14.8. The fourth-order valence-corrected chi connectivity index (χ4v) is 2.94. The molecular weight excluding hydrogens is 340 g/mol. The first-order valence-corrected chi connectivity index (χ1v) is 8.08. The van der Waals surface area contributed by atoms with Crippen LogP contribution in [0.2, 0.25) is 5.02 Å². The van der Waals surface area contributed by atoms with Crippen LogP contribution in [0.15, 0.2) is 41.2 Å². The average Bonchev–Trinajstić information content (AvgIpc) is 2.58. The van der Waals surface area contributed by atoms with Crippen molar-refractivity contribution >= 4 is 34.1 Å². The number of halogens is 1. The van der Waals surface area contributed by atoms with Crippen molar-refractivity contribution in [3.63, 3.8) is 0 Å². The maximum absolute atomic E-state index is 12.8. The molecule has 3 rings (SSSR count). The average molecular weight is 357 g/mol. The Kier molecular flexibility index (Phi) is 4.27. The van der Waals surface area contributed by atoms with Crippen molar-refractivity contribution in [1.29, 1.82) is 0 Å². The summed E-state index contributed by atoms with van der Waals surface area (Å²) in [4.78, 5) is 29.1. The predicted molar refractivity (Wildman–Crippen MR) is 99.9 cm³/mol. The summed E-state index contributed by atoms with van der Waals surface area (Å²) in [7, 11) is 1.55. The lowest BCUT2D eigenvalue weighted by molar-refractivity contribution is 0.0989. The SMILES string of the molecule is Cc1ccc(N(C)C(=O)c2c(O)c3c(Cl)c(C)ccc3[nH]c2=O)cc1. The first-order chi connectivity index (χ1) is 11.8. The van der Waals surface area contributed by atoms with Crippen molar-refractivity contribution in [2.24, 2.45) is 0 Å². The maximum atomic E-state index is 12.8. The van der Waals surface area contributed by atoms with Crippen molar-refractivity contribution in [3.05, 3.63) is 68.5 Å². The van der Waals surface area contributed by atoms with E-state index in [-0.39, 0.29) is 10.9 Å². The molecule has 0 spiro atoms. The molecule has 128 valence electrons. The number of carbonyl (C=O) groups is 1. The Hall–Kier alpha value is -2.79. The summed E-state index contributed by atoms with van der Waals surface area (Å²) >= 11 is 6.27. The molecule has 1 heterocycles. The van der Waals surface area contributed by atoms with Crippen molar-refractivity contribution in [1.82, 2.24) is 4.98 Å². The monoisotopic (exact) mass is 356 g/mol. The lowest BCUT2D eigenvalue weighted by Gasteiger charge is -2.18. The number of anilines is 1. The third kappa shape index (κ3) is 2.87. The number of H-pyrrole nitrogens is 1. The van der Waals surface area contributed by atoms with Crippen molar-refractivity contribution in [2.45, 2.75) is 13.8 Å². The molecule has 1 aromatic heterocycles. The highest BCUT2D eigenvalue weighted by Gasteiger charge is 2.24. The van der Waals surface area contributed by atoms with Gasteiger partial charge < -0.3 is 15.0 Å². The summed E-state index contributed by atoms with van der Waals surface area (Å²) in [6.07, 6.45) is 0. The lowest BCUT2D eigenvalue weighted by Crippen LogP contribution is -2.31. The molecular formula is C19H17ClN2O3.